The van der Waals surface area contributed by atoms with Crippen LogP contribution in [0.1, 0.15) is 15.9 Å². The zero-order valence-corrected chi connectivity index (χ0v) is 11.4. The summed E-state index contributed by atoms with van der Waals surface area (Å²) >= 11 is 3.29. The number of carboxylic acids is 1. The van der Waals surface area contributed by atoms with Crippen molar-refractivity contribution in [3.8, 4) is 11.6 Å². The first-order valence-electron chi connectivity index (χ1n) is 5.31. The van der Waals surface area contributed by atoms with Crippen molar-refractivity contribution in [2.45, 2.75) is 6.92 Å². The third kappa shape index (κ3) is 2.73. The van der Waals surface area contributed by atoms with Gasteiger partial charge in [-0.25, -0.2) is 14.2 Å². The van der Waals surface area contributed by atoms with Crippen LogP contribution in [-0.2, 0) is 0 Å². The Labute approximate surface area is 117 Å². The van der Waals surface area contributed by atoms with Crippen LogP contribution in [0.25, 0.3) is 0 Å². The van der Waals surface area contributed by atoms with Crippen molar-refractivity contribution in [3.63, 3.8) is 0 Å². The number of nitrogens with zero attached hydrogens (tertiary/aromatic N) is 1. The van der Waals surface area contributed by atoms with Gasteiger partial charge in [-0.05, 0) is 46.6 Å². The SMILES string of the molecule is Cc1ccnc(Oc2cccc(F)c2C(=O)O)c1Br. The van der Waals surface area contributed by atoms with Gasteiger partial charge in [-0.1, -0.05) is 6.07 Å². The van der Waals surface area contributed by atoms with Crippen LogP contribution in [0.2, 0.25) is 0 Å². The van der Waals surface area contributed by atoms with Crippen LogP contribution < -0.4 is 4.74 Å². The number of carboxylic acid groups (broad SMARTS) is 1. The van der Waals surface area contributed by atoms with Crippen molar-refractivity contribution < 1.29 is 19.0 Å². The van der Waals surface area contributed by atoms with E-state index >= 15 is 0 Å². The molecule has 1 heterocycles. The topological polar surface area (TPSA) is 59.4 Å². The highest BCUT2D eigenvalue weighted by molar-refractivity contribution is 9.10. The molecule has 0 atom stereocenters. The number of halogens is 2. The van der Waals surface area contributed by atoms with Crippen LogP contribution in [0.4, 0.5) is 4.39 Å². The zero-order chi connectivity index (χ0) is 14.0. The molecule has 98 valence electrons. The Kier molecular flexibility index (Phi) is 3.80. The molecular formula is C13H9BrFNO3. The van der Waals surface area contributed by atoms with Crippen LogP contribution in [-0.4, -0.2) is 16.1 Å². The lowest BCUT2D eigenvalue weighted by molar-refractivity contribution is 0.0689. The van der Waals surface area contributed by atoms with Gasteiger partial charge in [0.1, 0.15) is 17.1 Å². The number of hydrogen-bond acceptors (Lipinski definition) is 3. The average Bonchev–Trinajstić information content (AvgIpc) is 2.34. The summed E-state index contributed by atoms with van der Waals surface area (Å²) in [5, 5.41) is 9.00. The number of aromatic carboxylic acids is 1. The molecule has 0 aliphatic carbocycles. The number of carbonyl (C=O) groups is 1. The third-order valence-corrected chi connectivity index (χ3v) is 3.41. The van der Waals surface area contributed by atoms with Crippen LogP contribution in [0.5, 0.6) is 11.6 Å². The lowest BCUT2D eigenvalue weighted by Crippen LogP contribution is -2.04. The number of benzene rings is 1. The van der Waals surface area contributed by atoms with E-state index in [0.717, 1.165) is 11.6 Å². The second kappa shape index (κ2) is 5.36. The van der Waals surface area contributed by atoms with Gasteiger partial charge in [0, 0.05) is 6.20 Å². The van der Waals surface area contributed by atoms with E-state index in [4.69, 9.17) is 9.84 Å². The molecule has 0 bridgehead atoms. The summed E-state index contributed by atoms with van der Waals surface area (Å²) in [5.41, 5.74) is 0.357. The molecule has 2 rings (SSSR count). The first kappa shape index (κ1) is 13.5. The molecule has 0 fully saturated rings. The Morgan fingerprint density at radius 2 is 2.16 bits per heavy atom. The van der Waals surface area contributed by atoms with Crippen molar-refractivity contribution in [2.24, 2.45) is 0 Å². The van der Waals surface area contributed by atoms with E-state index in [-0.39, 0.29) is 11.6 Å². The summed E-state index contributed by atoms with van der Waals surface area (Å²) in [6.45, 7) is 1.84. The largest absolute Gasteiger partial charge is 0.477 e. The number of pyridine rings is 1. The molecule has 0 saturated heterocycles. The Morgan fingerprint density at radius 3 is 2.84 bits per heavy atom. The van der Waals surface area contributed by atoms with Crippen molar-refractivity contribution in [1.82, 2.24) is 4.98 Å². The minimum Gasteiger partial charge on any atom is -0.477 e. The summed E-state index contributed by atoms with van der Waals surface area (Å²) in [6.07, 6.45) is 1.52. The lowest BCUT2D eigenvalue weighted by atomic mass is 10.2. The molecule has 0 aliphatic heterocycles. The average molecular weight is 326 g/mol. The fraction of sp³-hybridized carbons (Fsp3) is 0.0769. The molecule has 19 heavy (non-hydrogen) atoms. The number of aryl methyl sites for hydroxylation is 1. The van der Waals surface area contributed by atoms with E-state index in [1.807, 2.05) is 6.92 Å². The molecule has 0 aliphatic rings. The van der Waals surface area contributed by atoms with E-state index in [1.165, 1.54) is 18.3 Å². The summed E-state index contributed by atoms with van der Waals surface area (Å²) < 4.78 is 19.5. The maximum Gasteiger partial charge on any atom is 0.342 e. The molecule has 0 amide bonds. The third-order valence-electron chi connectivity index (χ3n) is 2.45. The minimum absolute atomic E-state index is 0.0914. The van der Waals surface area contributed by atoms with Crippen LogP contribution in [0.15, 0.2) is 34.9 Å². The normalized spacial score (nSPS) is 10.3. The summed E-state index contributed by atoms with van der Waals surface area (Å²) in [6, 6.07) is 5.58. The maximum atomic E-state index is 13.5. The number of aromatic nitrogens is 1. The predicted octanol–water partition coefficient (Wildman–Crippen LogP) is 3.78. The van der Waals surface area contributed by atoms with Gasteiger partial charge in [0.05, 0.1) is 4.47 Å². The highest BCUT2D eigenvalue weighted by atomic mass is 79.9. The van der Waals surface area contributed by atoms with E-state index in [2.05, 4.69) is 20.9 Å². The Bertz CT molecular complexity index is 646. The molecule has 0 radical (unpaired) electrons. The van der Waals surface area contributed by atoms with E-state index in [9.17, 15) is 9.18 Å². The van der Waals surface area contributed by atoms with Crippen LogP contribution in [0, 0.1) is 12.7 Å². The molecule has 1 aromatic heterocycles. The molecule has 0 spiro atoms. The van der Waals surface area contributed by atoms with E-state index < -0.39 is 17.3 Å². The zero-order valence-electron chi connectivity index (χ0n) is 9.85. The number of ether oxygens (including phenoxy) is 1. The van der Waals surface area contributed by atoms with E-state index in [1.54, 1.807) is 6.07 Å². The molecule has 6 heteroatoms. The molecule has 1 N–H and O–H groups in total. The van der Waals surface area contributed by atoms with Crippen molar-refractivity contribution in [1.29, 1.82) is 0 Å². The Morgan fingerprint density at radius 1 is 1.42 bits per heavy atom. The minimum atomic E-state index is -1.39. The standard InChI is InChI=1S/C13H9BrFNO3/c1-7-5-6-16-12(11(7)14)19-9-4-2-3-8(15)10(9)13(17)18/h2-6H,1H3,(H,17,18). The molecule has 1 aromatic carbocycles. The van der Waals surface area contributed by atoms with Gasteiger partial charge in [0.25, 0.3) is 0 Å². The van der Waals surface area contributed by atoms with Gasteiger partial charge < -0.3 is 9.84 Å². The summed E-state index contributed by atoms with van der Waals surface area (Å²) in [7, 11) is 0. The maximum absolute atomic E-state index is 13.5. The fourth-order valence-electron chi connectivity index (χ4n) is 1.49. The Hall–Kier alpha value is -1.95. The van der Waals surface area contributed by atoms with Gasteiger partial charge in [-0.15, -0.1) is 0 Å². The number of hydrogen-bond donors (Lipinski definition) is 1. The second-order valence-corrected chi connectivity index (χ2v) is 4.56. The van der Waals surface area contributed by atoms with Gasteiger partial charge in [-0.3, -0.25) is 0 Å². The van der Waals surface area contributed by atoms with Gasteiger partial charge in [-0.2, -0.15) is 0 Å². The highest BCUT2D eigenvalue weighted by Crippen LogP contribution is 2.32. The van der Waals surface area contributed by atoms with Crippen LogP contribution >= 0.6 is 15.9 Å². The van der Waals surface area contributed by atoms with Crippen molar-refractivity contribution >= 4 is 21.9 Å². The molecule has 2 aromatic rings. The van der Waals surface area contributed by atoms with Crippen LogP contribution in [0.3, 0.4) is 0 Å². The number of rotatable bonds is 3. The first-order valence-corrected chi connectivity index (χ1v) is 6.10. The van der Waals surface area contributed by atoms with Crippen molar-refractivity contribution in [3.05, 3.63) is 51.9 Å². The molecular weight excluding hydrogens is 317 g/mol. The Balaban J connectivity index is 2.47. The summed E-state index contributed by atoms with van der Waals surface area (Å²) in [5.74, 6) is -2.15. The highest BCUT2D eigenvalue weighted by Gasteiger charge is 2.18. The van der Waals surface area contributed by atoms with Gasteiger partial charge in [0.15, 0.2) is 0 Å². The van der Waals surface area contributed by atoms with E-state index in [0.29, 0.717) is 4.47 Å². The first-order chi connectivity index (χ1) is 9.00. The monoisotopic (exact) mass is 325 g/mol. The van der Waals surface area contributed by atoms with Crippen molar-refractivity contribution in [2.75, 3.05) is 0 Å². The quantitative estimate of drug-likeness (QED) is 0.932. The van der Waals surface area contributed by atoms with Gasteiger partial charge >= 0.3 is 5.97 Å². The lowest BCUT2D eigenvalue weighted by Gasteiger charge is -2.10. The van der Waals surface area contributed by atoms with Gasteiger partial charge in [0.2, 0.25) is 5.88 Å². The fourth-order valence-corrected chi connectivity index (χ4v) is 1.80. The predicted molar refractivity (Wildman–Crippen MR) is 70.1 cm³/mol. The molecule has 4 nitrogen and oxygen atoms in total. The molecule has 0 unspecified atom stereocenters. The summed E-state index contributed by atoms with van der Waals surface area (Å²) in [4.78, 5) is 15.0. The smallest absolute Gasteiger partial charge is 0.342 e. The molecule has 0 saturated carbocycles. The second-order valence-electron chi connectivity index (χ2n) is 3.77.